The van der Waals surface area contributed by atoms with E-state index < -0.39 is 11.1 Å². The third-order valence-electron chi connectivity index (χ3n) is 3.84. The molecule has 1 aromatic carbocycles. The van der Waals surface area contributed by atoms with Gasteiger partial charge >= 0.3 is 11.1 Å². The van der Waals surface area contributed by atoms with Crippen LogP contribution in [0.5, 0.6) is 0 Å². The van der Waals surface area contributed by atoms with Crippen LogP contribution in [-0.4, -0.2) is 25.4 Å². The molecule has 0 aliphatic rings. The minimum Gasteiger partial charge on any atom is -0.304 e. The van der Waals surface area contributed by atoms with Gasteiger partial charge < -0.3 is 9.55 Å². The number of aryl methyl sites for hydroxylation is 3. The first-order valence-electron chi connectivity index (χ1n) is 7.39. The van der Waals surface area contributed by atoms with E-state index in [0.717, 1.165) is 24.5 Å². The maximum atomic E-state index is 11.8. The molecule has 6 nitrogen and oxygen atoms in total. The highest BCUT2D eigenvalue weighted by molar-refractivity contribution is 7.98. The van der Waals surface area contributed by atoms with E-state index in [-0.39, 0.29) is 0 Å². The highest BCUT2D eigenvalue weighted by Crippen LogP contribution is 2.20. The predicted octanol–water partition coefficient (Wildman–Crippen LogP) is 1.78. The Bertz CT molecular complexity index is 940. The monoisotopic (exact) mass is 330 g/mol. The zero-order valence-electron chi connectivity index (χ0n) is 13.1. The highest BCUT2D eigenvalue weighted by Gasteiger charge is 2.15. The molecule has 0 bridgehead atoms. The lowest BCUT2D eigenvalue weighted by Crippen LogP contribution is -2.35. The van der Waals surface area contributed by atoms with E-state index >= 15 is 0 Å². The Balaban J connectivity index is 1.93. The van der Waals surface area contributed by atoms with Crippen molar-refractivity contribution >= 4 is 23.1 Å². The summed E-state index contributed by atoms with van der Waals surface area (Å²) in [7, 11) is 1.57. The quantitative estimate of drug-likeness (QED) is 0.572. The lowest BCUT2D eigenvalue weighted by atomic mass is 10.1. The largest absolute Gasteiger partial charge is 0.317 e. The summed E-state index contributed by atoms with van der Waals surface area (Å²) in [5, 5.41) is 0.796. The number of benzene rings is 1. The Labute approximate surface area is 137 Å². The molecular weight excluding hydrogens is 312 g/mol. The fourth-order valence-corrected chi connectivity index (χ4v) is 3.22. The van der Waals surface area contributed by atoms with Crippen LogP contribution in [-0.2, 0) is 20.0 Å². The molecule has 1 N–H and O–H groups in total. The molecule has 2 aromatic heterocycles. The molecule has 120 valence electrons. The molecule has 2 heterocycles. The minimum atomic E-state index is -0.614. The van der Waals surface area contributed by atoms with Crippen molar-refractivity contribution in [3.8, 4) is 0 Å². The van der Waals surface area contributed by atoms with Gasteiger partial charge in [-0.1, -0.05) is 42.1 Å². The zero-order chi connectivity index (χ0) is 16.4. The zero-order valence-corrected chi connectivity index (χ0v) is 13.9. The Morgan fingerprint density at radius 3 is 2.65 bits per heavy atom. The second kappa shape index (κ2) is 6.45. The van der Waals surface area contributed by atoms with Gasteiger partial charge in [-0.05, 0) is 24.7 Å². The fourth-order valence-electron chi connectivity index (χ4n) is 2.64. The number of fused-ring (bicyclic) bond motifs is 1. The molecule has 0 spiro atoms. The summed E-state index contributed by atoms with van der Waals surface area (Å²) in [6.45, 7) is 0.732. The SMILES string of the molecule is CSc1nc2c([nH]c(=O)c(=O)n2C)n1CCCc1ccccc1. The van der Waals surface area contributed by atoms with Gasteiger partial charge in [-0.15, -0.1) is 0 Å². The van der Waals surface area contributed by atoms with Crippen molar-refractivity contribution in [2.45, 2.75) is 24.5 Å². The maximum absolute atomic E-state index is 11.8. The van der Waals surface area contributed by atoms with Crippen LogP contribution < -0.4 is 11.1 Å². The van der Waals surface area contributed by atoms with Crippen molar-refractivity contribution in [3.63, 3.8) is 0 Å². The summed E-state index contributed by atoms with van der Waals surface area (Å²) in [5.41, 5.74) is 1.20. The molecule has 0 saturated heterocycles. The van der Waals surface area contributed by atoms with E-state index in [0.29, 0.717) is 11.3 Å². The first-order chi connectivity index (χ1) is 11.1. The molecule has 0 unspecified atom stereocenters. The fraction of sp³-hybridized carbons (Fsp3) is 0.312. The van der Waals surface area contributed by atoms with Gasteiger partial charge in [0.1, 0.15) is 0 Å². The van der Waals surface area contributed by atoms with Gasteiger partial charge in [0.2, 0.25) is 0 Å². The van der Waals surface area contributed by atoms with Crippen LogP contribution >= 0.6 is 11.8 Å². The average molecular weight is 330 g/mol. The molecular formula is C16H18N4O2S. The van der Waals surface area contributed by atoms with E-state index in [4.69, 9.17) is 0 Å². The van der Waals surface area contributed by atoms with Crippen LogP contribution in [0.15, 0.2) is 45.1 Å². The van der Waals surface area contributed by atoms with E-state index in [1.54, 1.807) is 7.05 Å². The number of nitrogens with one attached hydrogen (secondary N) is 1. The maximum Gasteiger partial charge on any atom is 0.317 e. The van der Waals surface area contributed by atoms with Crippen LogP contribution in [0.4, 0.5) is 0 Å². The molecule has 3 rings (SSSR count). The summed E-state index contributed by atoms with van der Waals surface area (Å²) in [4.78, 5) is 30.7. The lowest BCUT2D eigenvalue weighted by Gasteiger charge is -2.07. The van der Waals surface area contributed by atoms with Gasteiger partial charge in [-0.3, -0.25) is 14.2 Å². The summed E-state index contributed by atoms with van der Waals surface area (Å²) in [5.74, 6) is 0. The summed E-state index contributed by atoms with van der Waals surface area (Å²) >= 11 is 1.50. The van der Waals surface area contributed by atoms with E-state index in [2.05, 4.69) is 22.1 Å². The number of thioether (sulfide) groups is 1. The third kappa shape index (κ3) is 2.96. The number of hydrogen-bond donors (Lipinski definition) is 1. The summed E-state index contributed by atoms with van der Waals surface area (Å²) in [6.07, 6.45) is 3.81. The summed E-state index contributed by atoms with van der Waals surface area (Å²) in [6, 6.07) is 10.3. The minimum absolute atomic E-state index is 0.513. The van der Waals surface area contributed by atoms with Gasteiger partial charge in [-0.25, -0.2) is 4.98 Å². The third-order valence-corrected chi connectivity index (χ3v) is 4.51. The first-order valence-corrected chi connectivity index (χ1v) is 8.61. The predicted molar refractivity (Wildman–Crippen MR) is 92.1 cm³/mol. The van der Waals surface area contributed by atoms with Crippen LogP contribution in [0, 0.1) is 0 Å². The van der Waals surface area contributed by atoms with Gasteiger partial charge in [0.25, 0.3) is 0 Å². The van der Waals surface area contributed by atoms with Crippen molar-refractivity contribution in [1.29, 1.82) is 0 Å². The standard InChI is InChI=1S/C16H18N4O2S/c1-19-12-13(17-14(21)15(19)22)20(16(18-12)23-2)10-6-9-11-7-4-3-5-8-11/h3-5,7-8H,6,9-10H2,1-2H3,(H,17,21). The number of nitrogens with zero attached hydrogens (tertiary/aromatic N) is 3. The van der Waals surface area contributed by atoms with E-state index in [1.807, 2.05) is 29.0 Å². The van der Waals surface area contributed by atoms with Crippen molar-refractivity contribution in [2.75, 3.05) is 6.26 Å². The van der Waals surface area contributed by atoms with Crippen LogP contribution in [0.3, 0.4) is 0 Å². The van der Waals surface area contributed by atoms with Gasteiger partial charge in [0.05, 0.1) is 0 Å². The number of H-pyrrole nitrogens is 1. The summed E-state index contributed by atoms with van der Waals surface area (Å²) < 4.78 is 3.28. The number of hydrogen-bond acceptors (Lipinski definition) is 4. The Hall–Kier alpha value is -2.28. The first kappa shape index (κ1) is 15.6. The average Bonchev–Trinajstić information content (AvgIpc) is 2.92. The Morgan fingerprint density at radius 1 is 1.22 bits per heavy atom. The molecule has 0 radical (unpaired) electrons. The molecule has 0 fully saturated rings. The Morgan fingerprint density at radius 2 is 1.96 bits per heavy atom. The molecule has 0 aliphatic heterocycles. The Kier molecular flexibility index (Phi) is 4.38. The number of imidazole rings is 1. The lowest BCUT2D eigenvalue weighted by molar-refractivity contribution is 0.606. The smallest absolute Gasteiger partial charge is 0.304 e. The topological polar surface area (TPSA) is 72.7 Å². The van der Waals surface area contributed by atoms with Crippen molar-refractivity contribution in [1.82, 2.24) is 19.1 Å². The van der Waals surface area contributed by atoms with Crippen LogP contribution in [0.1, 0.15) is 12.0 Å². The molecule has 0 aliphatic carbocycles. The number of aromatic amines is 1. The van der Waals surface area contributed by atoms with Gasteiger partial charge in [0, 0.05) is 13.6 Å². The molecule has 3 aromatic rings. The normalized spacial score (nSPS) is 11.2. The van der Waals surface area contributed by atoms with Gasteiger partial charge in [0.15, 0.2) is 16.5 Å². The van der Waals surface area contributed by atoms with E-state index in [9.17, 15) is 9.59 Å². The molecule has 0 atom stereocenters. The number of rotatable bonds is 5. The second-order valence-electron chi connectivity index (χ2n) is 5.33. The van der Waals surface area contributed by atoms with Crippen LogP contribution in [0.25, 0.3) is 11.3 Å². The van der Waals surface area contributed by atoms with E-state index in [1.165, 1.54) is 21.9 Å². The van der Waals surface area contributed by atoms with Crippen molar-refractivity contribution < 1.29 is 0 Å². The van der Waals surface area contributed by atoms with Gasteiger partial charge in [-0.2, -0.15) is 0 Å². The molecule has 0 saturated carbocycles. The second-order valence-corrected chi connectivity index (χ2v) is 6.10. The number of aromatic nitrogens is 4. The molecule has 7 heteroatoms. The van der Waals surface area contributed by atoms with Crippen LogP contribution in [0.2, 0.25) is 0 Å². The van der Waals surface area contributed by atoms with Crippen molar-refractivity contribution in [2.24, 2.45) is 7.05 Å². The van der Waals surface area contributed by atoms with Crippen molar-refractivity contribution in [3.05, 3.63) is 56.6 Å². The highest BCUT2D eigenvalue weighted by atomic mass is 32.2. The molecule has 23 heavy (non-hydrogen) atoms. The molecule has 0 amide bonds.